The molecule has 1 amide bonds. The summed E-state index contributed by atoms with van der Waals surface area (Å²) in [5.74, 6) is 0.811. The fraction of sp³-hybridized carbons (Fsp3) is 0.300. The van der Waals surface area contributed by atoms with Gasteiger partial charge in [0.15, 0.2) is 11.5 Å². The van der Waals surface area contributed by atoms with E-state index in [1.807, 2.05) is 12.1 Å². The van der Waals surface area contributed by atoms with Crippen molar-refractivity contribution in [3.8, 4) is 22.9 Å². The first-order valence-electron chi connectivity index (χ1n) is 9.44. The second kappa shape index (κ2) is 11.3. The number of hydrogen-bond donors (Lipinski definition) is 1. The Morgan fingerprint density at radius 2 is 1.91 bits per heavy atom. The Hall–Kier alpha value is -3.41. The molecule has 1 heterocycles. The zero-order valence-corrected chi connectivity index (χ0v) is 18.1. The van der Waals surface area contributed by atoms with E-state index in [0.717, 1.165) is 11.3 Å². The van der Waals surface area contributed by atoms with Crippen molar-refractivity contribution in [2.75, 3.05) is 26.5 Å². The van der Waals surface area contributed by atoms with Crippen LogP contribution in [0.4, 0.5) is 8.78 Å². The maximum absolute atomic E-state index is 12.4. The zero-order valence-electron chi connectivity index (χ0n) is 17.3. The SMILES string of the molecule is COc1ccc(-n2nnnc2SCC(=O)NCCc2ccc(OC(F)F)c(OC)c2)cc1. The number of nitrogens with one attached hydrogen (secondary N) is 1. The van der Waals surface area contributed by atoms with E-state index in [2.05, 4.69) is 25.6 Å². The molecule has 3 rings (SSSR count). The Labute approximate surface area is 187 Å². The van der Waals surface area contributed by atoms with Crippen molar-refractivity contribution in [1.82, 2.24) is 25.5 Å². The quantitative estimate of drug-likeness (QED) is 0.432. The number of methoxy groups -OCH3 is 2. The van der Waals surface area contributed by atoms with Gasteiger partial charge in [-0.1, -0.05) is 17.8 Å². The van der Waals surface area contributed by atoms with Gasteiger partial charge in [-0.3, -0.25) is 4.79 Å². The average molecular weight is 465 g/mol. The van der Waals surface area contributed by atoms with E-state index in [-0.39, 0.29) is 23.2 Å². The summed E-state index contributed by atoms with van der Waals surface area (Å²) >= 11 is 1.20. The summed E-state index contributed by atoms with van der Waals surface area (Å²) in [5, 5.41) is 14.9. The Balaban J connectivity index is 1.49. The number of nitrogens with zero attached hydrogens (tertiary/aromatic N) is 4. The molecular weight excluding hydrogens is 444 g/mol. The molecule has 12 heteroatoms. The van der Waals surface area contributed by atoms with Crippen molar-refractivity contribution < 1.29 is 27.8 Å². The third-order valence-electron chi connectivity index (χ3n) is 4.27. The second-order valence-electron chi connectivity index (χ2n) is 6.32. The summed E-state index contributed by atoms with van der Waals surface area (Å²) in [7, 11) is 2.95. The molecule has 0 aliphatic heterocycles. The van der Waals surface area contributed by atoms with Crippen LogP contribution in [0, 0.1) is 0 Å². The minimum absolute atomic E-state index is 0.0405. The molecule has 0 spiro atoms. The minimum atomic E-state index is -2.93. The number of amides is 1. The summed E-state index contributed by atoms with van der Waals surface area (Å²) < 4.78 is 41.0. The van der Waals surface area contributed by atoms with Crippen molar-refractivity contribution >= 4 is 17.7 Å². The Morgan fingerprint density at radius 1 is 1.12 bits per heavy atom. The van der Waals surface area contributed by atoms with E-state index in [1.165, 1.54) is 29.6 Å². The van der Waals surface area contributed by atoms with Gasteiger partial charge in [0.05, 0.1) is 25.7 Å². The molecule has 0 saturated carbocycles. The molecule has 32 heavy (non-hydrogen) atoms. The summed E-state index contributed by atoms with van der Waals surface area (Å²) in [4.78, 5) is 12.2. The molecular formula is C20H21F2N5O4S. The third-order valence-corrected chi connectivity index (χ3v) is 5.19. The number of alkyl halides is 2. The zero-order chi connectivity index (χ0) is 22.9. The van der Waals surface area contributed by atoms with Crippen molar-refractivity contribution in [1.29, 1.82) is 0 Å². The van der Waals surface area contributed by atoms with Crippen LogP contribution in [0.2, 0.25) is 0 Å². The van der Waals surface area contributed by atoms with Gasteiger partial charge in [-0.25, -0.2) is 0 Å². The molecule has 1 N–H and O–H groups in total. The number of halogens is 2. The van der Waals surface area contributed by atoms with Crippen molar-refractivity contribution in [3.05, 3.63) is 48.0 Å². The molecule has 0 saturated heterocycles. The Kier molecular flexibility index (Phi) is 8.20. The van der Waals surface area contributed by atoms with Gasteiger partial charge < -0.3 is 19.5 Å². The van der Waals surface area contributed by atoms with Gasteiger partial charge >= 0.3 is 6.61 Å². The van der Waals surface area contributed by atoms with Crippen molar-refractivity contribution in [3.63, 3.8) is 0 Å². The number of ether oxygens (including phenoxy) is 3. The van der Waals surface area contributed by atoms with E-state index in [9.17, 15) is 13.6 Å². The van der Waals surface area contributed by atoms with Gasteiger partial charge in [-0.15, -0.1) is 5.10 Å². The lowest BCUT2D eigenvalue weighted by molar-refractivity contribution is -0.118. The van der Waals surface area contributed by atoms with Gasteiger partial charge in [0.2, 0.25) is 11.1 Å². The molecule has 0 aliphatic carbocycles. The normalized spacial score (nSPS) is 10.8. The number of carbonyl (C=O) groups is 1. The summed E-state index contributed by atoms with van der Waals surface area (Å²) in [5.41, 5.74) is 1.55. The van der Waals surface area contributed by atoms with Crippen LogP contribution in [0.5, 0.6) is 17.2 Å². The van der Waals surface area contributed by atoms with Crippen LogP contribution in [-0.4, -0.2) is 59.2 Å². The number of rotatable bonds is 11. The number of carbonyl (C=O) groups excluding carboxylic acids is 1. The summed E-state index contributed by atoms with van der Waals surface area (Å²) in [6, 6.07) is 11.9. The van der Waals surface area contributed by atoms with Crippen LogP contribution in [-0.2, 0) is 11.2 Å². The molecule has 9 nitrogen and oxygen atoms in total. The second-order valence-corrected chi connectivity index (χ2v) is 7.27. The van der Waals surface area contributed by atoms with E-state index in [0.29, 0.717) is 23.9 Å². The van der Waals surface area contributed by atoms with Crippen LogP contribution >= 0.6 is 11.8 Å². The van der Waals surface area contributed by atoms with Crippen LogP contribution in [0.15, 0.2) is 47.6 Å². The van der Waals surface area contributed by atoms with E-state index < -0.39 is 6.61 Å². The fourth-order valence-electron chi connectivity index (χ4n) is 2.74. The predicted octanol–water partition coefficient (Wildman–Crippen LogP) is 2.73. The highest BCUT2D eigenvalue weighted by Gasteiger charge is 2.13. The number of tetrazole rings is 1. The number of thioether (sulfide) groups is 1. The fourth-order valence-corrected chi connectivity index (χ4v) is 3.46. The van der Waals surface area contributed by atoms with Gasteiger partial charge in [0.1, 0.15) is 5.75 Å². The molecule has 2 aromatic carbocycles. The van der Waals surface area contributed by atoms with Gasteiger partial charge in [-0.2, -0.15) is 13.5 Å². The standard InChI is InChI=1S/C20H21F2N5O4S/c1-29-15-6-4-14(5-7-15)27-20(24-25-26-27)32-12-18(28)23-10-9-13-3-8-16(31-19(21)22)17(11-13)30-2/h3-8,11,19H,9-10,12H2,1-2H3,(H,23,28). The molecule has 170 valence electrons. The molecule has 1 aromatic heterocycles. The largest absolute Gasteiger partial charge is 0.497 e. The monoisotopic (exact) mass is 465 g/mol. The van der Waals surface area contributed by atoms with E-state index in [4.69, 9.17) is 9.47 Å². The first-order valence-corrected chi connectivity index (χ1v) is 10.4. The summed E-state index contributed by atoms with van der Waals surface area (Å²) in [6.45, 7) is -2.57. The maximum Gasteiger partial charge on any atom is 0.387 e. The maximum atomic E-state index is 12.4. The predicted molar refractivity (Wildman–Crippen MR) is 113 cm³/mol. The van der Waals surface area contributed by atoms with Crippen LogP contribution in [0.1, 0.15) is 5.56 Å². The number of benzene rings is 2. The van der Waals surface area contributed by atoms with E-state index >= 15 is 0 Å². The number of aromatic nitrogens is 4. The van der Waals surface area contributed by atoms with Gasteiger partial charge in [-0.05, 0) is 58.8 Å². The van der Waals surface area contributed by atoms with E-state index in [1.54, 1.807) is 31.4 Å². The minimum Gasteiger partial charge on any atom is -0.497 e. The average Bonchev–Trinajstić information content (AvgIpc) is 3.27. The number of hydrogen-bond acceptors (Lipinski definition) is 8. The van der Waals surface area contributed by atoms with Crippen molar-refractivity contribution in [2.24, 2.45) is 0 Å². The first-order chi connectivity index (χ1) is 15.5. The molecule has 0 fully saturated rings. The highest BCUT2D eigenvalue weighted by molar-refractivity contribution is 7.99. The summed E-state index contributed by atoms with van der Waals surface area (Å²) in [6.07, 6.45) is 0.491. The van der Waals surface area contributed by atoms with Gasteiger partial charge in [0.25, 0.3) is 0 Å². The van der Waals surface area contributed by atoms with Crippen LogP contribution in [0.25, 0.3) is 5.69 Å². The topological polar surface area (TPSA) is 100 Å². The Morgan fingerprint density at radius 3 is 2.59 bits per heavy atom. The van der Waals surface area contributed by atoms with Gasteiger partial charge in [0, 0.05) is 6.54 Å². The Bertz CT molecular complexity index is 1030. The molecule has 0 bridgehead atoms. The lowest BCUT2D eigenvalue weighted by Gasteiger charge is -2.11. The molecule has 0 radical (unpaired) electrons. The molecule has 0 atom stereocenters. The van der Waals surface area contributed by atoms with Crippen LogP contribution < -0.4 is 19.5 Å². The lowest BCUT2D eigenvalue weighted by atomic mass is 10.1. The molecule has 3 aromatic rings. The van der Waals surface area contributed by atoms with Crippen molar-refractivity contribution in [2.45, 2.75) is 18.2 Å². The van der Waals surface area contributed by atoms with Crippen LogP contribution in [0.3, 0.4) is 0 Å². The highest BCUT2D eigenvalue weighted by Crippen LogP contribution is 2.29. The highest BCUT2D eigenvalue weighted by atomic mass is 32.2. The molecule has 0 unspecified atom stereocenters. The molecule has 0 aliphatic rings. The smallest absolute Gasteiger partial charge is 0.387 e. The first kappa shape index (κ1) is 23.3. The lowest BCUT2D eigenvalue weighted by Crippen LogP contribution is -2.27. The third kappa shape index (κ3) is 6.30.